The molecular weight excluding hydrogens is 336 g/mol. The molecule has 0 N–H and O–H groups in total. The Bertz CT molecular complexity index is 687. The Morgan fingerprint density at radius 2 is 1.88 bits per heavy atom. The molecule has 3 heterocycles. The van der Waals surface area contributed by atoms with Crippen molar-refractivity contribution >= 4 is 11.6 Å². The monoisotopic (exact) mass is 358 g/mol. The summed E-state index contributed by atoms with van der Waals surface area (Å²) < 4.78 is 12.2. The van der Waals surface area contributed by atoms with Gasteiger partial charge in [0.1, 0.15) is 0 Å². The minimum absolute atomic E-state index is 0.0203. The number of hydrogen-bond acceptors (Lipinski definition) is 4. The Hall–Kier alpha value is -1.46. The van der Waals surface area contributed by atoms with E-state index in [0.29, 0.717) is 6.61 Å². The number of aromatic nitrogens is 1. The van der Waals surface area contributed by atoms with Crippen LogP contribution in [0.2, 0.25) is 5.02 Å². The van der Waals surface area contributed by atoms with Crippen LogP contribution in [0.15, 0.2) is 48.8 Å². The molecule has 2 aliphatic rings. The van der Waals surface area contributed by atoms with Crippen LogP contribution < -0.4 is 0 Å². The van der Waals surface area contributed by atoms with Crippen molar-refractivity contribution in [3.8, 4) is 0 Å². The molecule has 25 heavy (non-hydrogen) atoms. The van der Waals surface area contributed by atoms with Crippen molar-refractivity contribution < 1.29 is 9.47 Å². The first-order valence-corrected chi connectivity index (χ1v) is 9.20. The van der Waals surface area contributed by atoms with Crippen molar-refractivity contribution in [1.29, 1.82) is 0 Å². The summed E-state index contributed by atoms with van der Waals surface area (Å²) in [6.07, 6.45) is 5.86. The maximum absolute atomic E-state index is 6.13. The highest BCUT2D eigenvalue weighted by atomic mass is 35.5. The largest absolute Gasteiger partial charge is 0.373 e. The first kappa shape index (κ1) is 17.0. The summed E-state index contributed by atoms with van der Waals surface area (Å²) in [6.45, 7) is 4.34. The second-order valence-electron chi connectivity index (χ2n) is 7.08. The number of hydrogen-bond donors (Lipinski definition) is 0. The van der Waals surface area contributed by atoms with E-state index in [9.17, 15) is 0 Å². The molecule has 0 radical (unpaired) electrons. The molecule has 1 spiro atoms. The van der Waals surface area contributed by atoms with E-state index in [4.69, 9.17) is 21.1 Å². The predicted octanol–water partition coefficient (Wildman–Crippen LogP) is 3.69. The van der Waals surface area contributed by atoms with Crippen molar-refractivity contribution in [3.63, 3.8) is 0 Å². The summed E-state index contributed by atoms with van der Waals surface area (Å²) in [7, 11) is 0. The van der Waals surface area contributed by atoms with Crippen molar-refractivity contribution in [2.24, 2.45) is 0 Å². The van der Waals surface area contributed by atoms with Crippen LogP contribution in [0.5, 0.6) is 0 Å². The van der Waals surface area contributed by atoms with E-state index in [1.807, 2.05) is 36.7 Å². The molecule has 0 saturated carbocycles. The van der Waals surface area contributed by atoms with Gasteiger partial charge in [0, 0.05) is 50.1 Å². The topological polar surface area (TPSA) is 34.6 Å². The fourth-order valence-corrected chi connectivity index (χ4v) is 3.89. The number of benzene rings is 1. The minimum atomic E-state index is -0.0203. The van der Waals surface area contributed by atoms with Gasteiger partial charge >= 0.3 is 0 Å². The Morgan fingerprint density at radius 3 is 2.64 bits per heavy atom. The van der Waals surface area contributed by atoms with E-state index in [1.54, 1.807) is 0 Å². The van der Waals surface area contributed by atoms with Crippen LogP contribution in [0.1, 0.15) is 24.0 Å². The molecular formula is C20H23ClN2O2. The minimum Gasteiger partial charge on any atom is -0.373 e. The van der Waals surface area contributed by atoms with Crippen molar-refractivity contribution in [2.45, 2.75) is 37.7 Å². The van der Waals surface area contributed by atoms with E-state index >= 15 is 0 Å². The molecule has 0 amide bonds. The number of ether oxygens (including phenoxy) is 2. The first-order chi connectivity index (χ1) is 12.2. The Balaban J connectivity index is 1.26. The van der Waals surface area contributed by atoms with Crippen LogP contribution in [0.3, 0.4) is 0 Å². The second-order valence-corrected chi connectivity index (χ2v) is 7.52. The number of likely N-dealkylation sites (tertiary alicyclic amines) is 1. The van der Waals surface area contributed by atoms with Gasteiger partial charge in [-0.15, -0.1) is 0 Å². The summed E-state index contributed by atoms with van der Waals surface area (Å²) >= 11 is 5.95. The van der Waals surface area contributed by atoms with E-state index in [1.165, 1.54) is 11.1 Å². The van der Waals surface area contributed by atoms with Gasteiger partial charge < -0.3 is 9.47 Å². The molecule has 2 fully saturated rings. The average molecular weight is 359 g/mol. The highest BCUT2D eigenvalue weighted by Crippen LogP contribution is 2.36. The molecule has 4 nitrogen and oxygen atoms in total. The lowest BCUT2D eigenvalue weighted by molar-refractivity contribution is -0.200. The quantitative estimate of drug-likeness (QED) is 0.816. The van der Waals surface area contributed by atoms with Gasteiger partial charge in [0.05, 0.1) is 18.3 Å². The van der Waals surface area contributed by atoms with Crippen LogP contribution in [0.4, 0.5) is 0 Å². The van der Waals surface area contributed by atoms with Gasteiger partial charge in [0.25, 0.3) is 0 Å². The van der Waals surface area contributed by atoms with Gasteiger partial charge in [-0.3, -0.25) is 9.88 Å². The molecule has 0 bridgehead atoms. The molecule has 5 heteroatoms. The van der Waals surface area contributed by atoms with E-state index in [-0.39, 0.29) is 11.7 Å². The third-order valence-electron chi connectivity index (χ3n) is 5.03. The zero-order valence-electron chi connectivity index (χ0n) is 14.2. The molecule has 132 valence electrons. The number of halogens is 1. The van der Waals surface area contributed by atoms with Crippen molar-refractivity contribution in [2.75, 3.05) is 19.7 Å². The van der Waals surface area contributed by atoms with Crippen LogP contribution in [-0.2, 0) is 22.6 Å². The predicted molar refractivity (Wildman–Crippen MR) is 97.5 cm³/mol. The van der Waals surface area contributed by atoms with E-state index in [2.05, 4.69) is 22.0 Å². The number of pyridine rings is 1. The molecule has 1 aromatic heterocycles. The third-order valence-corrected chi connectivity index (χ3v) is 5.28. The standard InChI is InChI=1S/C20H23ClN2O2/c21-18-3-1-16(2-4-18)12-23-14-20(15-23)11-19(7-10-25-20)24-13-17-5-8-22-9-6-17/h1-6,8-9,19H,7,10-15H2/t19-/m0/s1. The summed E-state index contributed by atoms with van der Waals surface area (Å²) in [5, 5.41) is 0.786. The highest BCUT2D eigenvalue weighted by molar-refractivity contribution is 6.30. The second kappa shape index (κ2) is 7.42. The van der Waals surface area contributed by atoms with Gasteiger partial charge in [-0.1, -0.05) is 23.7 Å². The Morgan fingerprint density at radius 1 is 1.12 bits per heavy atom. The lowest BCUT2D eigenvalue weighted by Crippen LogP contribution is -2.65. The fourth-order valence-electron chi connectivity index (χ4n) is 3.77. The van der Waals surface area contributed by atoms with Crippen LogP contribution in [0.25, 0.3) is 0 Å². The molecule has 1 atom stereocenters. The summed E-state index contributed by atoms with van der Waals surface area (Å²) in [5.74, 6) is 0. The number of nitrogens with zero attached hydrogens (tertiary/aromatic N) is 2. The SMILES string of the molecule is Clc1ccc(CN2CC3(C[C@@H](OCc4ccncc4)CCO3)C2)cc1. The lowest BCUT2D eigenvalue weighted by Gasteiger charge is -2.53. The maximum Gasteiger partial charge on any atom is 0.0959 e. The smallest absolute Gasteiger partial charge is 0.0959 e. The molecule has 0 aliphatic carbocycles. The molecule has 0 unspecified atom stereocenters. The van der Waals surface area contributed by atoms with Gasteiger partial charge in [0.2, 0.25) is 0 Å². The molecule has 2 saturated heterocycles. The maximum atomic E-state index is 6.13. The normalized spacial score (nSPS) is 22.7. The van der Waals surface area contributed by atoms with Gasteiger partial charge in [-0.2, -0.15) is 0 Å². The molecule has 4 rings (SSSR count). The first-order valence-electron chi connectivity index (χ1n) is 8.82. The summed E-state index contributed by atoms with van der Waals surface area (Å²) in [5.41, 5.74) is 2.45. The van der Waals surface area contributed by atoms with Gasteiger partial charge in [0.15, 0.2) is 0 Å². The summed E-state index contributed by atoms with van der Waals surface area (Å²) in [4.78, 5) is 6.47. The number of rotatable bonds is 5. The molecule has 1 aromatic carbocycles. The van der Waals surface area contributed by atoms with E-state index in [0.717, 1.165) is 44.1 Å². The van der Waals surface area contributed by atoms with Crippen LogP contribution in [0, 0.1) is 0 Å². The zero-order chi connectivity index (χ0) is 17.1. The van der Waals surface area contributed by atoms with Crippen LogP contribution >= 0.6 is 11.6 Å². The molecule has 2 aromatic rings. The fraction of sp³-hybridized carbons (Fsp3) is 0.450. The molecule has 2 aliphatic heterocycles. The zero-order valence-corrected chi connectivity index (χ0v) is 15.0. The lowest BCUT2D eigenvalue weighted by atomic mass is 9.84. The average Bonchev–Trinajstić information content (AvgIpc) is 2.62. The van der Waals surface area contributed by atoms with Crippen molar-refractivity contribution in [3.05, 3.63) is 64.9 Å². The van der Waals surface area contributed by atoms with Crippen molar-refractivity contribution in [1.82, 2.24) is 9.88 Å². The van der Waals surface area contributed by atoms with Gasteiger partial charge in [-0.05, 0) is 41.8 Å². The van der Waals surface area contributed by atoms with Crippen LogP contribution in [-0.4, -0.2) is 41.3 Å². The Kier molecular flexibility index (Phi) is 5.04. The third kappa shape index (κ3) is 4.21. The summed E-state index contributed by atoms with van der Waals surface area (Å²) in [6, 6.07) is 12.1. The van der Waals surface area contributed by atoms with E-state index < -0.39 is 0 Å². The highest BCUT2D eigenvalue weighted by Gasteiger charge is 2.47. The Labute approximate surface area is 153 Å². The van der Waals surface area contributed by atoms with Gasteiger partial charge in [-0.25, -0.2) is 0 Å².